The van der Waals surface area contributed by atoms with Crippen LogP contribution in [0.1, 0.15) is 43.0 Å². The van der Waals surface area contributed by atoms with Crippen LogP contribution in [0.4, 0.5) is 4.39 Å². The van der Waals surface area contributed by atoms with E-state index in [0.717, 1.165) is 38.8 Å². The summed E-state index contributed by atoms with van der Waals surface area (Å²) < 4.78 is 22.9. The third-order valence-corrected chi connectivity index (χ3v) is 5.73. The predicted octanol–water partition coefficient (Wildman–Crippen LogP) is 5.19. The molecule has 4 rings (SSSR count). The van der Waals surface area contributed by atoms with Crippen molar-refractivity contribution < 1.29 is 13.9 Å². The minimum absolute atomic E-state index is 0.205. The molecule has 0 amide bonds. The molecule has 2 heterocycles. The molecular formula is C24H26FN3O2. The van der Waals surface area contributed by atoms with Crippen LogP contribution >= 0.6 is 0 Å². The molecule has 0 saturated heterocycles. The van der Waals surface area contributed by atoms with Gasteiger partial charge in [-0.25, -0.2) is 4.39 Å². The van der Waals surface area contributed by atoms with Crippen molar-refractivity contribution in [1.82, 2.24) is 14.3 Å². The summed E-state index contributed by atoms with van der Waals surface area (Å²) in [7, 11) is 3.33. The summed E-state index contributed by atoms with van der Waals surface area (Å²) in [6.45, 7) is 6.06. The predicted molar refractivity (Wildman–Crippen MR) is 117 cm³/mol. The molecule has 0 saturated carbocycles. The Morgan fingerprint density at radius 1 is 1.20 bits per heavy atom. The molecule has 156 valence electrons. The van der Waals surface area contributed by atoms with Crippen molar-refractivity contribution >= 4 is 27.8 Å². The second-order valence-electron chi connectivity index (χ2n) is 8.06. The molecule has 5 nitrogen and oxygen atoms in total. The highest BCUT2D eigenvalue weighted by Crippen LogP contribution is 2.37. The van der Waals surface area contributed by atoms with Crippen LogP contribution in [0.25, 0.3) is 27.5 Å². The van der Waals surface area contributed by atoms with Crippen LogP contribution in [-0.4, -0.2) is 27.4 Å². The van der Waals surface area contributed by atoms with E-state index in [1.54, 1.807) is 6.92 Å². The molecule has 4 aromatic rings. The molecule has 0 fully saturated rings. The second kappa shape index (κ2) is 7.59. The van der Waals surface area contributed by atoms with Crippen molar-refractivity contribution in [2.24, 2.45) is 7.05 Å². The van der Waals surface area contributed by atoms with Gasteiger partial charge in [0.1, 0.15) is 5.82 Å². The zero-order chi connectivity index (χ0) is 21.6. The Labute approximate surface area is 175 Å². The Balaban J connectivity index is 2.07. The molecular weight excluding hydrogens is 381 g/mol. The van der Waals surface area contributed by atoms with Gasteiger partial charge in [0.25, 0.3) is 0 Å². The van der Waals surface area contributed by atoms with Gasteiger partial charge in [-0.2, -0.15) is 5.10 Å². The first-order valence-corrected chi connectivity index (χ1v) is 10.1. The van der Waals surface area contributed by atoms with Crippen molar-refractivity contribution in [3.05, 3.63) is 59.2 Å². The van der Waals surface area contributed by atoms with Crippen molar-refractivity contribution in [2.45, 2.75) is 39.5 Å². The first-order valence-electron chi connectivity index (χ1n) is 10.1. The highest BCUT2D eigenvalue weighted by molar-refractivity contribution is 5.99. The number of hydrogen-bond donors (Lipinski definition) is 0. The van der Waals surface area contributed by atoms with E-state index in [1.165, 1.54) is 13.2 Å². The molecule has 0 atom stereocenters. The Kier molecular flexibility index (Phi) is 5.10. The van der Waals surface area contributed by atoms with Gasteiger partial charge in [0.15, 0.2) is 0 Å². The van der Waals surface area contributed by atoms with Gasteiger partial charge in [0.2, 0.25) is 0 Å². The highest BCUT2D eigenvalue weighted by atomic mass is 19.1. The lowest BCUT2D eigenvalue weighted by Crippen LogP contribution is -2.07. The Morgan fingerprint density at radius 3 is 2.63 bits per heavy atom. The third-order valence-electron chi connectivity index (χ3n) is 5.73. The van der Waals surface area contributed by atoms with Crippen molar-refractivity contribution in [3.63, 3.8) is 0 Å². The Bertz CT molecular complexity index is 1270. The highest BCUT2D eigenvalue weighted by Gasteiger charge is 2.23. The number of aryl methyl sites for hydroxylation is 3. The number of aromatic nitrogens is 3. The van der Waals surface area contributed by atoms with Crippen LogP contribution in [0, 0.1) is 12.7 Å². The number of nitrogens with zero attached hydrogens (tertiary/aromatic N) is 3. The van der Waals surface area contributed by atoms with Crippen LogP contribution in [0.2, 0.25) is 0 Å². The maximum atomic E-state index is 14.0. The standard InChI is InChI=1S/C24H26FN3O2/c1-14(2)24-18(7-9-23(29)30-5)19-12-21-16(13-26-27(21)4)11-22(19)28(24)17-6-8-20(25)15(3)10-17/h6,8,10-14H,7,9H2,1-5H3. The first kappa shape index (κ1) is 20.1. The van der Waals surface area contributed by atoms with E-state index in [-0.39, 0.29) is 17.7 Å². The van der Waals surface area contributed by atoms with E-state index >= 15 is 0 Å². The summed E-state index contributed by atoms with van der Waals surface area (Å²) >= 11 is 0. The average Bonchev–Trinajstić information content (AvgIpc) is 3.24. The van der Waals surface area contributed by atoms with Crippen LogP contribution in [-0.2, 0) is 23.0 Å². The topological polar surface area (TPSA) is 49.1 Å². The number of hydrogen-bond acceptors (Lipinski definition) is 3. The lowest BCUT2D eigenvalue weighted by atomic mass is 9.99. The lowest BCUT2D eigenvalue weighted by molar-refractivity contribution is -0.140. The zero-order valence-corrected chi connectivity index (χ0v) is 18.0. The van der Waals surface area contributed by atoms with Crippen molar-refractivity contribution in [1.29, 1.82) is 0 Å². The maximum absolute atomic E-state index is 14.0. The number of esters is 1. The smallest absolute Gasteiger partial charge is 0.305 e. The first-order chi connectivity index (χ1) is 14.3. The summed E-state index contributed by atoms with van der Waals surface area (Å²) in [6.07, 6.45) is 2.74. The summed E-state index contributed by atoms with van der Waals surface area (Å²) in [4.78, 5) is 11.9. The fourth-order valence-corrected chi connectivity index (χ4v) is 4.26. The van der Waals surface area contributed by atoms with E-state index in [1.807, 2.05) is 30.1 Å². The molecule has 2 aromatic carbocycles. The number of methoxy groups -OCH3 is 1. The van der Waals surface area contributed by atoms with E-state index < -0.39 is 0 Å². The fraction of sp³-hybridized carbons (Fsp3) is 0.333. The van der Waals surface area contributed by atoms with Gasteiger partial charge < -0.3 is 9.30 Å². The lowest BCUT2D eigenvalue weighted by Gasteiger charge is -2.16. The molecule has 0 aliphatic rings. The molecule has 0 aliphatic heterocycles. The number of halogens is 1. The molecule has 0 unspecified atom stereocenters. The van der Waals surface area contributed by atoms with Crippen LogP contribution < -0.4 is 0 Å². The molecule has 6 heteroatoms. The molecule has 0 N–H and O–H groups in total. The SMILES string of the molecule is COC(=O)CCc1c(C(C)C)n(-c2ccc(F)c(C)c2)c2cc3cnn(C)c3cc12. The monoisotopic (exact) mass is 407 g/mol. The molecule has 2 aromatic heterocycles. The number of fused-ring (bicyclic) bond motifs is 2. The van der Waals surface area contributed by atoms with E-state index in [4.69, 9.17) is 4.74 Å². The Hall–Kier alpha value is -3.15. The average molecular weight is 407 g/mol. The fourth-order valence-electron chi connectivity index (χ4n) is 4.26. The molecule has 0 bridgehead atoms. The zero-order valence-electron chi connectivity index (χ0n) is 18.0. The second-order valence-corrected chi connectivity index (χ2v) is 8.06. The summed E-state index contributed by atoms with van der Waals surface area (Å²) in [5, 5.41) is 6.51. The number of carbonyl (C=O) groups excluding carboxylic acids is 1. The molecule has 0 aliphatic carbocycles. The third kappa shape index (κ3) is 3.26. The maximum Gasteiger partial charge on any atom is 0.305 e. The van der Waals surface area contributed by atoms with Crippen LogP contribution in [0.5, 0.6) is 0 Å². The molecule has 30 heavy (non-hydrogen) atoms. The van der Waals surface area contributed by atoms with Gasteiger partial charge in [-0.05, 0) is 60.7 Å². The number of ether oxygens (including phenoxy) is 1. The van der Waals surface area contributed by atoms with Gasteiger partial charge in [-0.15, -0.1) is 0 Å². The quantitative estimate of drug-likeness (QED) is 0.428. The van der Waals surface area contributed by atoms with Crippen molar-refractivity contribution in [3.8, 4) is 5.69 Å². The van der Waals surface area contributed by atoms with Crippen molar-refractivity contribution in [2.75, 3.05) is 7.11 Å². The van der Waals surface area contributed by atoms with Gasteiger partial charge in [0.05, 0.1) is 24.3 Å². The Morgan fingerprint density at radius 2 is 1.97 bits per heavy atom. The van der Waals surface area contributed by atoms with E-state index in [9.17, 15) is 9.18 Å². The summed E-state index contributed by atoms with van der Waals surface area (Å²) in [5.74, 6) is -0.247. The van der Waals surface area contributed by atoms with Gasteiger partial charge in [-0.3, -0.25) is 9.48 Å². The number of rotatable bonds is 5. The number of carbonyl (C=O) groups is 1. The largest absolute Gasteiger partial charge is 0.469 e. The van der Waals surface area contributed by atoms with Gasteiger partial charge >= 0.3 is 5.97 Å². The minimum Gasteiger partial charge on any atom is -0.469 e. The summed E-state index contributed by atoms with van der Waals surface area (Å²) in [6, 6.07) is 9.47. The van der Waals surface area contributed by atoms with E-state index in [0.29, 0.717) is 18.4 Å². The summed E-state index contributed by atoms with van der Waals surface area (Å²) in [5.41, 5.74) is 5.83. The molecule has 0 spiro atoms. The van der Waals surface area contributed by atoms with Gasteiger partial charge in [-0.1, -0.05) is 13.8 Å². The normalized spacial score (nSPS) is 11.7. The van der Waals surface area contributed by atoms with Gasteiger partial charge in [0, 0.05) is 35.6 Å². The van der Waals surface area contributed by atoms with Crippen LogP contribution in [0.3, 0.4) is 0 Å². The minimum atomic E-state index is -0.232. The van der Waals surface area contributed by atoms with E-state index in [2.05, 4.69) is 35.6 Å². The number of benzene rings is 2. The van der Waals surface area contributed by atoms with Crippen LogP contribution in [0.15, 0.2) is 36.5 Å². The molecule has 0 radical (unpaired) electrons.